The summed E-state index contributed by atoms with van der Waals surface area (Å²) in [7, 11) is 0. The maximum Gasteiger partial charge on any atom is 0.407 e. The number of allylic oxidation sites excluding steroid dienone is 2. The number of likely N-dealkylation sites (tertiary alicyclic amines) is 1. The fourth-order valence-corrected chi connectivity index (χ4v) is 5.27. The molecule has 4 rings (SSSR count). The molecule has 36 heavy (non-hydrogen) atoms. The second-order valence-electron chi connectivity index (χ2n) is 11.2. The first kappa shape index (κ1) is 25.9. The van der Waals surface area contributed by atoms with E-state index in [9.17, 15) is 14.7 Å². The number of rotatable bonds is 6. The van der Waals surface area contributed by atoms with Crippen LogP contribution in [0.4, 0.5) is 4.79 Å². The minimum Gasteiger partial charge on any atom is -0.465 e. The number of amides is 1. The molecule has 0 saturated carbocycles. The second kappa shape index (κ2) is 11.3. The molecule has 190 valence electrons. The molecular formula is C31H38N2O3. The predicted octanol–water partition coefficient (Wildman–Crippen LogP) is 6.52. The molecule has 1 fully saturated rings. The van der Waals surface area contributed by atoms with Gasteiger partial charge in [0.05, 0.1) is 0 Å². The normalized spacial score (nSPS) is 19.9. The van der Waals surface area contributed by atoms with Crippen LogP contribution in [0.1, 0.15) is 61.5 Å². The summed E-state index contributed by atoms with van der Waals surface area (Å²) in [6, 6.07) is 18.3. The van der Waals surface area contributed by atoms with E-state index < -0.39 is 6.09 Å². The molecule has 2 aliphatic rings. The number of ketones is 1. The van der Waals surface area contributed by atoms with Gasteiger partial charge in [0.1, 0.15) is 0 Å². The molecule has 0 radical (unpaired) electrons. The number of carbonyl (C=O) groups is 2. The molecular weight excluding hydrogens is 448 g/mol. The summed E-state index contributed by atoms with van der Waals surface area (Å²) in [4.78, 5) is 28.5. The van der Waals surface area contributed by atoms with Crippen LogP contribution >= 0.6 is 0 Å². The summed E-state index contributed by atoms with van der Waals surface area (Å²) >= 11 is 0. The van der Waals surface area contributed by atoms with Crippen LogP contribution in [0.5, 0.6) is 0 Å². The van der Waals surface area contributed by atoms with E-state index in [-0.39, 0.29) is 17.2 Å². The van der Waals surface area contributed by atoms with Gasteiger partial charge in [-0.2, -0.15) is 0 Å². The van der Waals surface area contributed by atoms with Crippen molar-refractivity contribution in [2.45, 2.75) is 52.6 Å². The van der Waals surface area contributed by atoms with Gasteiger partial charge in [0.2, 0.25) is 0 Å². The first-order chi connectivity index (χ1) is 17.2. The van der Waals surface area contributed by atoms with Gasteiger partial charge in [-0.1, -0.05) is 87.5 Å². The number of hydrogen-bond donors (Lipinski definition) is 1. The lowest BCUT2D eigenvalue weighted by Crippen LogP contribution is -2.48. The van der Waals surface area contributed by atoms with Gasteiger partial charge in [0.15, 0.2) is 5.78 Å². The van der Waals surface area contributed by atoms with E-state index in [4.69, 9.17) is 0 Å². The van der Waals surface area contributed by atoms with Crippen molar-refractivity contribution in [3.8, 4) is 0 Å². The van der Waals surface area contributed by atoms with E-state index in [2.05, 4.69) is 62.1 Å². The largest absolute Gasteiger partial charge is 0.465 e. The second-order valence-corrected chi connectivity index (χ2v) is 11.2. The summed E-state index contributed by atoms with van der Waals surface area (Å²) in [5, 5.41) is 9.59. The Balaban J connectivity index is 1.32. The third kappa shape index (κ3) is 6.52. The average Bonchev–Trinajstić information content (AvgIpc) is 2.88. The standard InChI is InChI=1S/C31H38N2O3/c1-31(2,3)29-21-27(17-20-33(29)30(35)36)25-10-12-26(13-11-25)28(34)14-9-23-15-18-32(19-16-23)22-24-7-5-4-6-8-24/h4-14,17,23,29H,15-16,18-22H2,1-3H3,(H,35,36). The molecule has 1 unspecified atom stereocenters. The van der Waals surface area contributed by atoms with Crippen molar-refractivity contribution >= 4 is 17.4 Å². The Morgan fingerprint density at radius 3 is 2.28 bits per heavy atom. The van der Waals surface area contributed by atoms with Crippen LogP contribution in [0.2, 0.25) is 0 Å². The molecule has 0 aromatic heterocycles. The van der Waals surface area contributed by atoms with Gasteiger partial charge in [0.25, 0.3) is 0 Å². The van der Waals surface area contributed by atoms with Gasteiger partial charge in [0, 0.05) is 24.7 Å². The minimum absolute atomic E-state index is 0.0375. The van der Waals surface area contributed by atoms with Gasteiger partial charge in [-0.3, -0.25) is 9.69 Å². The van der Waals surface area contributed by atoms with Crippen LogP contribution in [0.3, 0.4) is 0 Å². The van der Waals surface area contributed by atoms with E-state index in [1.165, 1.54) is 10.5 Å². The molecule has 1 amide bonds. The fraction of sp³-hybridized carbons (Fsp3) is 0.419. The Bertz CT molecular complexity index is 1100. The molecule has 1 atom stereocenters. The van der Waals surface area contributed by atoms with Crippen LogP contribution in [0.25, 0.3) is 5.57 Å². The Labute approximate surface area is 215 Å². The molecule has 2 aliphatic heterocycles. The lowest BCUT2D eigenvalue weighted by atomic mass is 9.79. The number of hydrogen-bond acceptors (Lipinski definition) is 3. The molecule has 2 aromatic carbocycles. The highest BCUT2D eigenvalue weighted by molar-refractivity contribution is 6.04. The van der Waals surface area contributed by atoms with E-state index in [1.807, 2.05) is 30.3 Å². The van der Waals surface area contributed by atoms with Gasteiger partial charge in [-0.15, -0.1) is 0 Å². The van der Waals surface area contributed by atoms with Crippen LogP contribution in [-0.2, 0) is 6.54 Å². The van der Waals surface area contributed by atoms with Gasteiger partial charge in [-0.25, -0.2) is 4.79 Å². The Morgan fingerprint density at radius 2 is 1.67 bits per heavy atom. The summed E-state index contributed by atoms with van der Waals surface area (Å²) in [5.74, 6) is 0.481. The molecule has 1 N–H and O–H groups in total. The number of nitrogens with zero attached hydrogens (tertiary/aromatic N) is 2. The number of benzene rings is 2. The molecule has 0 bridgehead atoms. The molecule has 0 spiro atoms. The number of carbonyl (C=O) groups excluding carboxylic acids is 1. The van der Waals surface area contributed by atoms with Crippen molar-refractivity contribution < 1.29 is 14.7 Å². The molecule has 2 heterocycles. The highest BCUT2D eigenvalue weighted by atomic mass is 16.4. The highest BCUT2D eigenvalue weighted by Gasteiger charge is 2.36. The van der Waals surface area contributed by atoms with Crippen LogP contribution in [0, 0.1) is 11.3 Å². The zero-order chi connectivity index (χ0) is 25.7. The van der Waals surface area contributed by atoms with E-state index in [1.54, 1.807) is 6.08 Å². The summed E-state index contributed by atoms with van der Waals surface area (Å²) < 4.78 is 0. The Kier molecular flexibility index (Phi) is 8.10. The first-order valence-electron chi connectivity index (χ1n) is 13.0. The monoisotopic (exact) mass is 486 g/mol. The van der Waals surface area contributed by atoms with Crippen molar-refractivity contribution in [1.29, 1.82) is 0 Å². The van der Waals surface area contributed by atoms with Crippen molar-refractivity contribution in [2.24, 2.45) is 11.3 Å². The van der Waals surface area contributed by atoms with Crippen molar-refractivity contribution in [3.05, 3.63) is 89.5 Å². The molecule has 5 heteroatoms. The maximum absolute atomic E-state index is 12.8. The number of piperidine rings is 1. The van der Waals surface area contributed by atoms with Crippen LogP contribution in [-0.4, -0.2) is 52.5 Å². The molecule has 2 aromatic rings. The lowest BCUT2D eigenvalue weighted by Gasteiger charge is -2.41. The minimum atomic E-state index is -0.875. The first-order valence-corrected chi connectivity index (χ1v) is 13.0. The third-order valence-corrected chi connectivity index (χ3v) is 7.51. The smallest absolute Gasteiger partial charge is 0.407 e. The lowest BCUT2D eigenvalue weighted by molar-refractivity contribution is 0.0884. The predicted molar refractivity (Wildman–Crippen MR) is 145 cm³/mol. The van der Waals surface area contributed by atoms with Gasteiger partial charge in [-0.05, 0) is 66.5 Å². The summed E-state index contributed by atoms with van der Waals surface area (Å²) in [6.45, 7) is 9.73. The zero-order valence-corrected chi connectivity index (χ0v) is 21.7. The third-order valence-electron chi connectivity index (χ3n) is 7.51. The average molecular weight is 487 g/mol. The quantitative estimate of drug-likeness (QED) is 0.373. The number of carboxylic acid groups (broad SMARTS) is 1. The SMILES string of the molecule is CC(C)(C)C1CC(c2ccc(C(=O)C=CC3CCN(Cc4ccccc4)CC3)cc2)=CCN1C(=O)O. The zero-order valence-electron chi connectivity index (χ0n) is 21.7. The van der Waals surface area contributed by atoms with Crippen molar-refractivity contribution in [2.75, 3.05) is 19.6 Å². The Hall–Kier alpha value is -3.18. The topological polar surface area (TPSA) is 60.9 Å². The van der Waals surface area contributed by atoms with Gasteiger partial charge < -0.3 is 10.0 Å². The maximum atomic E-state index is 12.8. The van der Waals surface area contributed by atoms with Gasteiger partial charge >= 0.3 is 6.09 Å². The molecule has 5 nitrogen and oxygen atoms in total. The Morgan fingerprint density at radius 1 is 1.00 bits per heavy atom. The van der Waals surface area contributed by atoms with E-state index >= 15 is 0 Å². The summed E-state index contributed by atoms with van der Waals surface area (Å²) in [5.41, 5.74) is 4.08. The van der Waals surface area contributed by atoms with E-state index in [0.29, 0.717) is 24.4 Å². The molecule has 1 saturated heterocycles. The summed E-state index contributed by atoms with van der Waals surface area (Å²) in [6.07, 6.45) is 7.78. The highest BCUT2D eigenvalue weighted by Crippen LogP contribution is 2.36. The fourth-order valence-electron chi connectivity index (χ4n) is 5.27. The van der Waals surface area contributed by atoms with E-state index in [0.717, 1.165) is 43.6 Å². The van der Waals surface area contributed by atoms with Crippen LogP contribution < -0.4 is 0 Å². The molecule has 0 aliphatic carbocycles. The van der Waals surface area contributed by atoms with Crippen molar-refractivity contribution in [1.82, 2.24) is 9.80 Å². The van der Waals surface area contributed by atoms with Crippen LogP contribution in [0.15, 0.2) is 72.8 Å². The van der Waals surface area contributed by atoms with Crippen molar-refractivity contribution in [3.63, 3.8) is 0 Å².